The third-order valence-electron chi connectivity index (χ3n) is 3.68. The van der Waals surface area contributed by atoms with Crippen LogP contribution in [0.1, 0.15) is 30.8 Å². The number of nitrogen functional groups attached to an aromatic ring is 1. The molecule has 2 heterocycles. The summed E-state index contributed by atoms with van der Waals surface area (Å²) < 4.78 is 2.01. The zero-order valence-electron chi connectivity index (χ0n) is 12.1. The van der Waals surface area contributed by atoms with E-state index in [4.69, 9.17) is 5.73 Å². The van der Waals surface area contributed by atoms with Crippen LogP contribution in [-0.4, -0.2) is 19.7 Å². The highest BCUT2D eigenvalue weighted by Gasteiger charge is 2.22. The second kappa shape index (κ2) is 5.25. The molecule has 1 aromatic carbocycles. The fraction of sp³-hybridized carbons (Fsp3) is 0.467. The highest BCUT2D eigenvalue weighted by atomic mass is 15.3. The van der Waals surface area contributed by atoms with E-state index in [0.29, 0.717) is 5.92 Å². The highest BCUT2D eigenvalue weighted by Crippen LogP contribution is 2.28. The highest BCUT2D eigenvalue weighted by molar-refractivity contribution is 5.52. The lowest BCUT2D eigenvalue weighted by molar-refractivity contribution is 0.260. The van der Waals surface area contributed by atoms with Gasteiger partial charge in [-0.1, -0.05) is 26.0 Å². The number of hydrogen-bond acceptors (Lipinski definition) is 4. The van der Waals surface area contributed by atoms with Gasteiger partial charge in [0.15, 0.2) is 0 Å². The van der Waals surface area contributed by atoms with Crippen LogP contribution in [-0.2, 0) is 26.2 Å². The number of nitrogens with zero attached hydrogens (tertiary/aromatic N) is 4. The zero-order chi connectivity index (χ0) is 14.1. The summed E-state index contributed by atoms with van der Waals surface area (Å²) in [5.74, 6) is 1.60. The van der Waals surface area contributed by atoms with E-state index in [1.807, 2.05) is 16.8 Å². The molecule has 0 unspecified atom stereocenters. The van der Waals surface area contributed by atoms with Crippen LogP contribution in [0.5, 0.6) is 0 Å². The van der Waals surface area contributed by atoms with Crippen LogP contribution in [0.3, 0.4) is 0 Å². The minimum absolute atomic E-state index is 0.571. The Morgan fingerprint density at radius 3 is 2.90 bits per heavy atom. The average Bonchev–Trinajstić information content (AvgIpc) is 2.97. The van der Waals surface area contributed by atoms with E-state index in [-0.39, 0.29) is 0 Å². The van der Waals surface area contributed by atoms with Crippen molar-refractivity contribution in [3.05, 3.63) is 41.5 Å². The van der Waals surface area contributed by atoms with Gasteiger partial charge < -0.3 is 5.73 Å². The van der Waals surface area contributed by atoms with Crippen LogP contribution in [0.15, 0.2) is 24.5 Å². The molecule has 2 aromatic rings. The molecule has 0 amide bonds. The van der Waals surface area contributed by atoms with E-state index in [9.17, 15) is 0 Å². The van der Waals surface area contributed by atoms with Crippen LogP contribution in [0.25, 0.3) is 0 Å². The van der Waals surface area contributed by atoms with Gasteiger partial charge in [0.1, 0.15) is 12.2 Å². The van der Waals surface area contributed by atoms with Crippen molar-refractivity contribution >= 4 is 5.69 Å². The monoisotopic (exact) mass is 271 g/mol. The first-order valence-electron chi connectivity index (χ1n) is 7.08. The van der Waals surface area contributed by atoms with Crippen LogP contribution in [0.4, 0.5) is 5.69 Å². The molecular formula is C15H21N5. The summed E-state index contributed by atoms with van der Waals surface area (Å²) in [5, 5.41) is 4.32. The molecule has 2 N–H and O–H groups in total. The third-order valence-corrected chi connectivity index (χ3v) is 3.68. The molecule has 3 rings (SSSR count). The topological polar surface area (TPSA) is 60.0 Å². The second-order valence-electron chi connectivity index (χ2n) is 5.88. The molecule has 106 valence electrons. The predicted octanol–water partition coefficient (Wildman–Crippen LogP) is 2.03. The van der Waals surface area contributed by atoms with Crippen molar-refractivity contribution in [3.63, 3.8) is 0 Å². The first-order valence-corrected chi connectivity index (χ1v) is 7.08. The molecule has 1 aliphatic heterocycles. The van der Waals surface area contributed by atoms with Gasteiger partial charge in [0, 0.05) is 25.3 Å². The van der Waals surface area contributed by atoms with Gasteiger partial charge in [-0.2, -0.15) is 5.10 Å². The summed E-state index contributed by atoms with van der Waals surface area (Å²) in [6, 6.07) is 6.16. The number of nitrogens with two attached hydrogens (primary N) is 1. The molecule has 0 bridgehead atoms. The SMILES string of the molecule is CC(C)Cn1ncnc1CN1Cc2cccc(N)c2C1. The van der Waals surface area contributed by atoms with Crippen molar-refractivity contribution in [2.75, 3.05) is 5.73 Å². The lowest BCUT2D eigenvalue weighted by Gasteiger charge is -2.15. The van der Waals surface area contributed by atoms with E-state index in [1.165, 1.54) is 11.1 Å². The largest absolute Gasteiger partial charge is 0.398 e. The van der Waals surface area contributed by atoms with Crippen molar-refractivity contribution in [1.82, 2.24) is 19.7 Å². The summed E-state index contributed by atoms with van der Waals surface area (Å²) in [6.07, 6.45) is 1.65. The summed E-state index contributed by atoms with van der Waals surface area (Å²) >= 11 is 0. The molecule has 0 aliphatic carbocycles. The molecule has 20 heavy (non-hydrogen) atoms. The molecule has 5 nitrogen and oxygen atoms in total. The Morgan fingerprint density at radius 2 is 2.15 bits per heavy atom. The van der Waals surface area contributed by atoms with Crippen molar-refractivity contribution in [1.29, 1.82) is 0 Å². The third kappa shape index (κ3) is 2.54. The number of benzene rings is 1. The van der Waals surface area contributed by atoms with Gasteiger partial charge in [0.05, 0.1) is 6.54 Å². The summed E-state index contributed by atoms with van der Waals surface area (Å²) in [5.41, 5.74) is 9.54. The minimum atomic E-state index is 0.571. The fourth-order valence-electron chi connectivity index (χ4n) is 2.74. The van der Waals surface area contributed by atoms with Crippen LogP contribution in [0, 0.1) is 5.92 Å². The normalized spacial score (nSPS) is 14.9. The number of hydrogen-bond donors (Lipinski definition) is 1. The van der Waals surface area contributed by atoms with Gasteiger partial charge in [-0.25, -0.2) is 9.67 Å². The lowest BCUT2D eigenvalue weighted by atomic mass is 10.1. The van der Waals surface area contributed by atoms with Crippen molar-refractivity contribution in [2.24, 2.45) is 5.92 Å². The molecule has 0 atom stereocenters. The number of fused-ring (bicyclic) bond motifs is 1. The quantitative estimate of drug-likeness (QED) is 0.864. The molecule has 0 saturated carbocycles. The first-order chi connectivity index (χ1) is 9.63. The van der Waals surface area contributed by atoms with E-state index in [0.717, 1.165) is 37.7 Å². The Morgan fingerprint density at radius 1 is 1.30 bits per heavy atom. The molecule has 1 aliphatic rings. The first kappa shape index (κ1) is 13.1. The Labute approximate surface area is 119 Å². The Bertz CT molecular complexity index is 602. The Hall–Kier alpha value is -1.88. The van der Waals surface area contributed by atoms with Gasteiger partial charge in [0.2, 0.25) is 0 Å². The average molecular weight is 271 g/mol. The maximum atomic E-state index is 6.04. The van der Waals surface area contributed by atoms with Gasteiger partial charge in [-0.05, 0) is 23.1 Å². The molecule has 5 heteroatoms. The van der Waals surface area contributed by atoms with Gasteiger partial charge >= 0.3 is 0 Å². The molecule has 1 aromatic heterocycles. The molecule has 0 fully saturated rings. The zero-order valence-corrected chi connectivity index (χ0v) is 12.1. The summed E-state index contributed by atoms with van der Waals surface area (Å²) in [7, 11) is 0. The van der Waals surface area contributed by atoms with Crippen molar-refractivity contribution < 1.29 is 0 Å². The maximum Gasteiger partial charge on any atom is 0.141 e. The molecule has 0 radical (unpaired) electrons. The lowest BCUT2D eigenvalue weighted by Crippen LogP contribution is -2.20. The molecule has 0 saturated heterocycles. The van der Waals surface area contributed by atoms with E-state index in [1.54, 1.807) is 6.33 Å². The summed E-state index contributed by atoms with van der Waals surface area (Å²) in [6.45, 7) is 7.96. The second-order valence-corrected chi connectivity index (χ2v) is 5.88. The number of anilines is 1. The van der Waals surface area contributed by atoms with Crippen molar-refractivity contribution in [2.45, 2.75) is 40.0 Å². The van der Waals surface area contributed by atoms with Gasteiger partial charge in [0.25, 0.3) is 0 Å². The van der Waals surface area contributed by atoms with Crippen LogP contribution < -0.4 is 5.73 Å². The van der Waals surface area contributed by atoms with Gasteiger partial charge in [-0.15, -0.1) is 0 Å². The molecule has 0 spiro atoms. The van der Waals surface area contributed by atoms with Gasteiger partial charge in [-0.3, -0.25) is 4.90 Å². The van der Waals surface area contributed by atoms with Crippen LogP contribution in [0.2, 0.25) is 0 Å². The Kier molecular flexibility index (Phi) is 3.44. The smallest absolute Gasteiger partial charge is 0.141 e. The standard InChI is InChI=1S/C15H21N5/c1-11(2)6-20-15(17-10-18-20)9-19-7-12-4-3-5-14(16)13(12)8-19/h3-5,10-11H,6-9,16H2,1-2H3. The Balaban J connectivity index is 1.72. The summed E-state index contributed by atoms with van der Waals surface area (Å²) in [4.78, 5) is 6.76. The maximum absolute atomic E-state index is 6.04. The minimum Gasteiger partial charge on any atom is -0.398 e. The van der Waals surface area contributed by atoms with Crippen LogP contribution >= 0.6 is 0 Å². The van der Waals surface area contributed by atoms with E-state index >= 15 is 0 Å². The fourth-order valence-corrected chi connectivity index (χ4v) is 2.74. The van der Waals surface area contributed by atoms with E-state index in [2.05, 4.69) is 34.9 Å². The number of rotatable bonds is 4. The number of aromatic nitrogens is 3. The van der Waals surface area contributed by atoms with Crippen molar-refractivity contribution in [3.8, 4) is 0 Å². The molecular weight excluding hydrogens is 250 g/mol. The predicted molar refractivity (Wildman–Crippen MR) is 78.7 cm³/mol. The van der Waals surface area contributed by atoms with E-state index < -0.39 is 0 Å².